The summed E-state index contributed by atoms with van der Waals surface area (Å²) in [4.78, 5) is 23.9. The van der Waals surface area contributed by atoms with Gasteiger partial charge in [0.05, 0.1) is 0 Å². The molecule has 1 aromatic heterocycles. The van der Waals surface area contributed by atoms with Crippen molar-refractivity contribution in [1.29, 1.82) is 0 Å². The standard InChI is InChI=1S/C16H16F2N2O4/c17-11-1-2-13(18)10(5-11)7-12-6-9(3-4-20(12)16(22)23)14-8-15(21)19-24-14/h1-2,5,8-9,12H,3-4,6-7H2,(H,19,21)(H,22,23)/t9-,12+/m1/s1. The molecule has 2 heterocycles. The number of benzene rings is 1. The van der Waals surface area contributed by atoms with E-state index in [0.717, 1.165) is 18.2 Å². The van der Waals surface area contributed by atoms with Crippen molar-refractivity contribution in [1.82, 2.24) is 10.1 Å². The van der Waals surface area contributed by atoms with Crippen LogP contribution in [0, 0.1) is 11.6 Å². The first-order valence-electron chi connectivity index (χ1n) is 7.56. The number of likely N-dealkylation sites (tertiary alicyclic amines) is 1. The Labute approximate surface area is 135 Å². The molecule has 2 aromatic rings. The fraction of sp³-hybridized carbons (Fsp3) is 0.375. The Morgan fingerprint density at radius 2 is 2.17 bits per heavy atom. The van der Waals surface area contributed by atoms with Gasteiger partial charge in [-0.2, -0.15) is 5.16 Å². The minimum absolute atomic E-state index is 0.0566. The lowest BCUT2D eigenvalue weighted by Gasteiger charge is -2.37. The maximum absolute atomic E-state index is 13.9. The fourth-order valence-electron chi connectivity index (χ4n) is 3.21. The van der Waals surface area contributed by atoms with Gasteiger partial charge < -0.3 is 14.5 Å². The zero-order valence-electron chi connectivity index (χ0n) is 12.7. The van der Waals surface area contributed by atoms with E-state index in [0.29, 0.717) is 18.6 Å². The topological polar surface area (TPSA) is 86.5 Å². The predicted molar refractivity (Wildman–Crippen MR) is 79.9 cm³/mol. The molecule has 1 aromatic carbocycles. The smallest absolute Gasteiger partial charge is 0.407 e. The number of aromatic amines is 1. The lowest BCUT2D eigenvalue weighted by Crippen LogP contribution is -2.46. The molecule has 2 atom stereocenters. The third kappa shape index (κ3) is 3.32. The average molecular weight is 338 g/mol. The zero-order chi connectivity index (χ0) is 17.3. The van der Waals surface area contributed by atoms with Crippen LogP contribution in [0.5, 0.6) is 0 Å². The molecule has 0 saturated carbocycles. The summed E-state index contributed by atoms with van der Waals surface area (Å²) in [5.74, 6) is -0.842. The predicted octanol–water partition coefficient (Wildman–Crippen LogP) is 2.71. The molecule has 6 nitrogen and oxygen atoms in total. The highest BCUT2D eigenvalue weighted by Gasteiger charge is 2.34. The van der Waals surface area contributed by atoms with Crippen LogP contribution >= 0.6 is 0 Å². The highest BCUT2D eigenvalue weighted by atomic mass is 19.1. The summed E-state index contributed by atoms with van der Waals surface area (Å²) in [5, 5.41) is 11.6. The number of carboxylic acid groups (broad SMARTS) is 1. The van der Waals surface area contributed by atoms with Gasteiger partial charge in [-0.1, -0.05) is 0 Å². The van der Waals surface area contributed by atoms with Crippen LogP contribution in [0.4, 0.5) is 13.6 Å². The van der Waals surface area contributed by atoms with Crippen LogP contribution < -0.4 is 5.56 Å². The minimum atomic E-state index is -1.11. The highest BCUT2D eigenvalue weighted by molar-refractivity contribution is 5.65. The Kier molecular flexibility index (Phi) is 4.37. The van der Waals surface area contributed by atoms with E-state index in [-0.39, 0.29) is 30.0 Å². The molecule has 0 radical (unpaired) electrons. The van der Waals surface area contributed by atoms with E-state index in [2.05, 4.69) is 5.16 Å². The van der Waals surface area contributed by atoms with Crippen LogP contribution in [0.15, 0.2) is 33.6 Å². The number of nitrogens with one attached hydrogen (secondary N) is 1. The van der Waals surface area contributed by atoms with Crippen molar-refractivity contribution in [3.05, 3.63) is 57.6 Å². The largest absolute Gasteiger partial charge is 0.465 e. The van der Waals surface area contributed by atoms with E-state index in [9.17, 15) is 23.5 Å². The van der Waals surface area contributed by atoms with Gasteiger partial charge in [0, 0.05) is 24.6 Å². The van der Waals surface area contributed by atoms with Gasteiger partial charge in [0.25, 0.3) is 5.56 Å². The molecule has 1 amide bonds. The Bertz CT molecular complexity index is 801. The maximum atomic E-state index is 13.9. The molecule has 3 rings (SSSR count). The number of piperidine rings is 1. The molecule has 1 fully saturated rings. The summed E-state index contributed by atoms with van der Waals surface area (Å²) in [7, 11) is 0. The molecule has 8 heteroatoms. The van der Waals surface area contributed by atoms with Gasteiger partial charge in [-0.25, -0.2) is 13.6 Å². The van der Waals surface area contributed by atoms with Crippen molar-refractivity contribution in [3.8, 4) is 0 Å². The molecular formula is C16H16F2N2O4. The molecule has 1 aliphatic heterocycles. The van der Waals surface area contributed by atoms with E-state index < -0.39 is 23.8 Å². The second kappa shape index (κ2) is 6.46. The average Bonchev–Trinajstić information content (AvgIpc) is 2.97. The van der Waals surface area contributed by atoms with Crippen molar-refractivity contribution in [2.75, 3.05) is 6.54 Å². The van der Waals surface area contributed by atoms with Gasteiger partial charge in [-0.3, -0.25) is 4.79 Å². The van der Waals surface area contributed by atoms with E-state index in [1.807, 2.05) is 0 Å². The first-order valence-corrected chi connectivity index (χ1v) is 7.56. The number of aromatic nitrogens is 1. The monoisotopic (exact) mass is 338 g/mol. The SMILES string of the molecule is O=C(O)N1CC[C@@H](c2cc(=O)[nH]o2)C[C@H]1Cc1cc(F)ccc1F. The van der Waals surface area contributed by atoms with Crippen LogP contribution in [0.25, 0.3) is 0 Å². The van der Waals surface area contributed by atoms with E-state index in [1.54, 1.807) is 0 Å². The number of nitrogens with zero attached hydrogens (tertiary/aromatic N) is 1. The Morgan fingerprint density at radius 1 is 1.38 bits per heavy atom. The summed E-state index contributed by atoms with van der Waals surface area (Å²) in [6, 6.07) is 3.93. The summed E-state index contributed by atoms with van der Waals surface area (Å²) in [6.07, 6.45) is -0.190. The second-order valence-electron chi connectivity index (χ2n) is 5.91. The van der Waals surface area contributed by atoms with Gasteiger partial charge in [0.15, 0.2) is 0 Å². The summed E-state index contributed by atoms with van der Waals surface area (Å²) >= 11 is 0. The van der Waals surface area contributed by atoms with E-state index in [4.69, 9.17) is 4.52 Å². The third-order valence-electron chi connectivity index (χ3n) is 4.37. The van der Waals surface area contributed by atoms with Crippen LogP contribution in [-0.2, 0) is 6.42 Å². The lowest BCUT2D eigenvalue weighted by molar-refractivity contribution is 0.0965. The molecule has 1 aliphatic rings. The highest BCUT2D eigenvalue weighted by Crippen LogP contribution is 2.32. The molecule has 0 spiro atoms. The molecule has 1 saturated heterocycles. The van der Waals surface area contributed by atoms with Crippen LogP contribution in [0.3, 0.4) is 0 Å². The molecule has 0 aliphatic carbocycles. The Morgan fingerprint density at radius 3 is 2.83 bits per heavy atom. The minimum Gasteiger partial charge on any atom is -0.465 e. The first-order chi connectivity index (χ1) is 11.4. The molecule has 128 valence electrons. The number of rotatable bonds is 3. The van der Waals surface area contributed by atoms with Gasteiger partial charge >= 0.3 is 6.09 Å². The maximum Gasteiger partial charge on any atom is 0.407 e. The van der Waals surface area contributed by atoms with Crippen molar-refractivity contribution >= 4 is 6.09 Å². The number of halogens is 2. The second-order valence-corrected chi connectivity index (χ2v) is 5.91. The van der Waals surface area contributed by atoms with E-state index >= 15 is 0 Å². The third-order valence-corrected chi connectivity index (χ3v) is 4.37. The van der Waals surface area contributed by atoms with Crippen LogP contribution in [0.1, 0.15) is 30.1 Å². The van der Waals surface area contributed by atoms with Crippen molar-refractivity contribution in [2.45, 2.75) is 31.2 Å². The molecule has 0 unspecified atom stereocenters. The van der Waals surface area contributed by atoms with Gasteiger partial charge in [-0.15, -0.1) is 0 Å². The van der Waals surface area contributed by atoms with Crippen LogP contribution in [-0.4, -0.2) is 33.8 Å². The number of hydrogen-bond acceptors (Lipinski definition) is 3. The summed E-state index contributed by atoms with van der Waals surface area (Å²) in [5.41, 5.74) is -0.235. The number of carbonyl (C=O) groups is 1. The van der Waals surface area contributed by atoms with Crippen molar-refractivity contribution in [3.63, 3.8) is 0 Å². The Hall–Kier alpha value is -2.64. The normalized spacial score (nSPS) is 21.0. The number of H-pyrrole nitrogens is 1. The van der Waals surface area contributed by atoms with E-state index in [1.165, 1.54) is 11.0 Å². The van der Waals surface area contributed by atoms with Crippen LogP contribution in [0.2, 0.25) is 0 Å². The molecule has 24 heavy (non-hydrogen) atoms. The van der Waals surface area contributed by atoms with Gasteiger partial charge in [0.1, 0.15) is 17.4 Å². The summed E-state index contributed by atoms with van der Waals surface area (Å²) < 4.78 is 32.3. The lowest BCUT2D eigenvalue weighted by atomic mass is 9.86. The molecular weight excluding hydrogens is 322 g/mol. The zero-order valence-corrected chi connectivity index (χ0v) is 12.7. The van der Waals surface area contributed by atoms with Crippen molar-refractivity contribution in [2.24, 2.45) is 0 Å². The van der Waals surface area contributed by atoms with Crippen molar-refractivity contribution < 1.29 is 23.2 Å². The van der Waals surface area contributed by atoms with Gasteiger partial charge in [0.2, 0.25) is 0 Å². The summed E-state index contributed by atoms with van der Waals surface area (Å²) in [6.45, 7) is 0.233. The Balaban J connectivity index is 1.84. The number of hydrogen-bond donors (Lipinski definition) is 2. The molecule has 0 bridgehead atoms. The fourth-order valence-corrected chi connectivity index (χ4v) is 3.21. The van der Waals surface area contributed by atoms with Gasteiger partial charge in [-0.05, 0) is 43.0 Å². The number of amides is 1. The quantitative estimate of drug-likeness (QED) is 0.901. The first kappa shape index (κ1) is 16.2. The molecule has 2 N–H and O–H groups in total.